The molecule has 0 bridgehead atoms. The number of primary sulfonamides is 1. The zero-order valence-corrected chi connectivity index (χ0v) is 8.81. The molecule has 82 valence electrons. The SMILES string of the molecule is NS(=O)(=O)c1ccc(N2CC(O)C2)cc1. The molecule has 0 saturated carbocycles. The highest BCUT2D eigenvalue weighted by molar-refractivity contribution is 7.89. The second-order valence-electron chi connectivity index (χ2n) is 3.60. The van der Waals surface area contributed by atoms with Crippen molar-refractivity contribution >= 4 is 15.7 Å². The van der Waals surface area contributed by atoms with Crippen molar-refractivity contribution in [3.63, 3.8) is 0 Å². The van der Waals surface area contributed by atoms with Crippen molar-refractivity contribution in [2.75, 3.05) is 18.0 Å². The van der Waals surface area contributed by atoms with Gasteiger partial charge >= 0.3 is 0 Å². The van der Waals surface area contributed by atoms with Crippen LogP contribution in [0.3, 0.4) is 0 Å². The lowest BCUT2D eigenvalue weighted by Crippen LogP contribution is -2.50. The van der Waals surface area contributed by atoms with Crippen LogP contribution in [0.25, 0.3) is 0 Å². The maximum Gasteiger partial charge on any atom is 0.238 e. The number of β-amino-alcohol motifs (C(OH)–C–C–N with tert-alkyl or cyclic N) is 1. The van der Waals surface area contributed by atoms with E-state index in [-0.39, 0.29) is 11.0 Å². The number of anilines is 1. The molecule has 15 heavy (non-hydrogen) atoms. The van der Waals surface area contributed by atoms with E-state index in [2.05, 4.69) is 0 Å². The Kier molecular flexibility index (Phi) is 2.41. The molecule has 6 heteroatoms. The Morgan fingerprint density at radius 2 is 1.80 bits per heavy atom. The van der Waals surface area contributed by atoms with Gasteiger partial charge in [-0.15, -0.1) is 0 Å². The summed E-state index contributed by atoms with van der Waals surface area (Å²) in [7, 11) is -3.61. The van der Waals surface area contributed by atoms with Crippen LogP contribution in [-0.2, 0) is 10.0 Å². The molecule has 0 aromatic heterocycles. The van der Waals surface area contributed by atoms with Gasteiger partial charge in [0.2, 0.25) is 10.0 Å². The third kappa shape index (κ3) is 2.11. The number of hydrogen-bond acceptors (Lipinski definition) is 4. The van der Waals surface area contributed by atoms with Crippen molar-refractivity contribution in [1.82, 2.24) is 0 Å². The molecule has 0 amide bonds. The first-order valence-corrected chi connectivity index (χ1v) is 6.07. The van der Waals surface area contributed by atoms with Gasteiger partial charge in [0.15, 0.2) is 0 Å². The quantitative estimate of drug-likeness (QED) is 0.715. The van der Waals surface area contributed by atoms with Crippen molar-refractivity contribution in [2.24, 2.45) is 5.14 Å². The number of hydrogen-bond donors (Lipinski definition) is 2. The topological polar surface area (TPSA) is 83.6 Å². The van der Waals surface area contributed by atoms with Crippen molar-refractivity contribution in [3.8, 4) is 0 Å². The van der Waals surface area contributed by atoms with E-state index in [1.807, 2.05) is 4.90 Å². The Morgan fingerprint density at radius 3 is 2.20 bits per heavy atom. The zero-order chi connectivity index (χ0) is 11.1. The van der Waals surface area contributed by atoms with Gasteiger partial charge in [-0.1, -0.05) is 0 Å². The second-order valence-corrected chi connectivity index (χ2v) is 5.16. The molecular formula is C9H12N2O3S. The molecule has 1 heterocycles. The summed E-state index contributed by atoms with van der Waals surface area (Å²) >= 11 is 0. The summed E-state index contributed by atoms with van der Waals surface area (Å²) in [6, 6.07) is 6.31. The fourth-order valence-corrected chi connectivity index (χ4v) is 2.03. The summed E-state index contributed by atoms with van der Waals surface area (Å²) < 4.78 is 21.9. The van der Waals surface area contributed by atoms with Crippen LogP contribution >= 0.6 is 0 Å². The maximum absolute atomic E-state index is 11.0. The largest absolute Gasteiger partial charge is 0.389 e. The highest BCUT2D eigenvalue weighted by atomic mass is 32.2. The van der Waals surface area contributed by atoms with Gasteiger partial charge in [-0.3, -0.25) is 0 Å². The highest BCUT2D eigenvalue weighted by Crippen LogP contribution is 2.21. The van der Waals surface area contributed by atoms with Crippen molar-refractivity contribution in [2.45, 2.75) is 11.0 Å². The van der Waals surface area contributed by atoms with Gasteiger partial charge in [0, 0.05) is 18.8 Å². The first-order valence-electron chi connectivity index (χ1n) is 4.53. The normalized spacial score (nSPS) is 17.6. The maximum atomic E-state index is 11.0. The fraction of sp³-hybridized carbons (Fsp3) is 0.333. The van der Waals surface area contributed by atoms with Crippen molar-refractivity contribution < 1.29 is 13.5 Å². The molecule has 0 spiro atoms. The zero-order valence-electron chi connectivity index (χ0n) is 8.00. The molecule has 0 unspecified atom stereocenters. The van der Waals surface area contributed by atoms with Gasteiger partial charge in [0.1, 0.15) is 0 Å². The van der Waals surface area contributed by atoms with Crippen LogP contribution in [0.5, 0.6) is 0 Å². The van der Waals surface area contributed by atoms with Gasteiger partial charge in [-0.2, -0.15) is 0 Å². The smallest absolute Gasteiger partial charge is 0.238 e. The van der Waals surface area contributed by atoms with E-state index in [9.17, 15) is 8.42 Å². The molecule has 1 fully saturated rings. The summed E-state index contributed by atoms with van der Waals surface area (Å²) in [6.45, 7) is 1.18. The minimum atomic E-state index is -3.61. The Balaban J connectivity index is 2.18. The minimum absolute atomic E-state index is 0.104. The molecule has 5 nitrogen and oxygen atoms in total. The third-order valence-electron chi connectivity index (χ3n) is 2.39. The van der Waals surface area contributed by atoms with Gasteiger partial charge < -0.3 is 10.0 Å². The van der Waals surface area contributed by atoms with Crippen LogP contribution < -0.4 is 10.0 Å². The van der Waals surface area contributed by atoms with Crippen LogP contribution in [0.4, 0.5) is 5.69 Å². The van der Waals surface area contributed by atoms with E-state index < -0.39 is 10.0 Å². The van der Waals surface area contributed by atoms with Crippen LogP contribution in [0.15, 0.2) is 29.2 Å². The second kappa shape index (κ2) is 3.48. The lowest BCUT2D eigenvalue weighted by molar-refractivity contribution is 0.142. The molecular weight excluding hydrogens is 216 g/mol. The van der Waals surface area contributed by atoms with Crippen molar-refractivity contribution in [1.29, 1.82) is 0 Å². The van der Waals surface area contributed by atoms with Gasteiger partial charge in [0.05, 0.1) is 11.0 Å². The van der Waals surface area contributed by atoms with Crippen LogP contribution in [0.2, 0.25) is 0 Å². The summed E-state index contributed by atoms with van der Waals surface area (Å²) in [5.74, 6) is 0. The van der Waals surface area contributed by atoms with E-state index >= 15 is 0 Å². The molecule has 2 rings (SSSR count). The van der Waals surface area contributed by atoms with Crippen LogP contribution in [0.1, 0.15) is 0 Å². The molecule has 1 aliphatic rings. The Bertz CT molecular complexity index is 449. The number of benzene rings is 1. The number of aliphatic hydroxyl groups is 1. The van der Waals surface area contributed by atoms with E-state index in [0.29, 0.717) is 13.1 Å². The summed E-state index contributed by atoms with van der Waals surface area (Å²) in [5, 5.41) is 14.1. The number of nitrogens with zero attached hydrogens (tertiary/aromatic N) is 1. The minimum Gasteiger partial charge on any atom is -0.389 e. The lowest BCUT2D eigenvalue weighted by Gasteiger charge is -2.37. The predicted molar refractivity (Wildman–Crippen MR) is 56.0 cm³/mol. The molecule has 1 saturated heterocycles. The fourth-order valence-electron chi connectivity index (χ4n) is 1.51. The van der Waals surface area contributed by atoms with E-state index in [1.54, 1.807) is 12.1 Å². The molecule has 0 atom stereocenters. The monoisotopic (exact) mass is 228 g/mol. The van der Waals surface area contributed by atoms with Crippen LogP contribution in [0, 0.1) is 0 Å². The summed E-state index contributed by atoms with van der Waals surface area (Å²) in [5.41, 5.74) is 0.896. The number of rotatable bonds is 2. The molecule has 1 aromatic rings. The first-order chi connectivity index (χ1) is 6.97. The standard InChI is InChI=1S/C9H12N2O3S/c10-15(13,14)9-3-1-7(2-4-9)11-5-8(12)6-11/h1-4,8,12H,5-6H2,(H2,10,13,14). The predicted octanol–water partition coefficient (Wildman–Crippen LogP) is -0.485. The molecule has 0 radical (unpaired) electrons. The molecule has 0 aliphatic carbocycles. The highest BCUT2D eigenvalue weighted by Gasteiger charge is 2.24. The number of nitrogens with two attached hydrogens (primary N) is 1. The average Bonchev–Trinajstić information content (AvgIpc) is 2.12. The number of sulfonamides is 1. The Labute approximate surface area is 88.2 Å². The Hall–Kier alpha value is -1.11. The molecule has 1 aromatic carbocycles. The van der Waals surface area contributed by atoms with E-state index in [1.165, 1.54) is 12.1 Å². The summed E-state index contributed by atoms with van der Waals surface area (Å²) in [4.78, 5) is 2.06. The van der Waals surface area contributed by atoms with Gasteiger partial charge in [0.25, 0.3) is 0 Å². The average molecular weight is 228 g/mol. The van der Waals surface area contributed by atoms with Gasteiger partial charge in [-0.05, 0) is 24.3 Å². The van der Waals surface area contributed by atoms with E-state index in [0.717, 1.165) is 5.69 Å². The van der Waals surface area contributed by atoms with Gasteiger partial charge in [-0.25, -0.2) is 13.6 Å². The lowest BCUT2D eigenvalue weighted by atomic mass is 10.1. The first kappa shape index (κ1) is 10.4. The van der Waals surface area contributed by atoms with E-state index in [4.69, 9.17) is 10.2 Å². The summed E-state index contributed by atoms with van der Waals surface area (Å²) in [6.07, 6.45) is -0.275. The number of aliphatic hydroxyl groups excluding tert-OH is 1. The Morgan fingerprint density at radius 1 is 1.27 bits per heavy atom. The van der Waals surface area contributed by atoms with Crippen LogP contribution in [-0.4, -0.2) is 32.7 Å². The van der Waals surface area contributed by atoms with Crippen molar-refractivity contribution in [3.05, 3.63) is 24.3 Å². The molecule has 3 N–H and O–H groups in total. The third-order valence-corrected chi connectivity index (χ3v) is 3.32. The molecule has 1 aliphatic heterocycles.